The van der Waals surface area contributed by atoms with Crippen molar-refractivity contribution < 1.29 is 14.7 Å². The van der Waals surface area contributed by atoms with E-state index in [1.165, 1.54) is 0 Å². The van der Waals surface area contributed by atoms with Crippen LogP contribution >= 0.6 is 11.6 Å². The molecule has 2 heterocycles. The molecule has 1 aromatic heterocycles. The lowest BCUT2D eigenvalue weighted by molar-refractivity contribution is -0.129. The van der Waals surface area contributed by atoms with Gasteiger partial charge in [0.15, 0.2) is 0 Å². The highest BCUT2D eigenvalue weighted by Crippen LogP contribution is 2.24. The summed E-state index contributed by atoms with van der Waals surface area (Å²) in [6.45, 7) is 0.959. The molecular formula is C15H14ClN3O3. The van der Waals surface area contributed by atoms with Gasteiger partial charge in [0, 0.05) is 24.7 Å². The zero-order valence-electron chi connectivity index (χ0n) is 11.6. The molecule has 0 saturated carbocycles. The molecule has 1 aliphatic heterocycles. The van der Waals surface area contributed by atoms with E-state index in [0.717, 1.165) is 16.3 Å². The van der Waals surface area contributed by atoms with Gasteiger partial charge in [-0.2, -0.15) is 0 Å². The number of hydrogen-bond donors (Lipinski definition) is 2. The second-order valence-electron chi connectivity index (χ2n) is 5.21. The molecule has 1 aromatic carbocycles. The minimum Gasteiger partial charge on any atom is -0.465 e. The fraction of sp³-hybridized carbons (Fsp3) is 0.267. The van der Waals surface area contributed by atoms with E-state index in [4.69, 9.17) is 16.7 Å². The third-order valence-electron chi connectivity index (χ3n) is 3.75. The molecule has 1 aliphatic rings. The number of carbonyl (C=O) groups excluding carboxylic acids is 1. The highest BCUT2D eigenvalue weighted by molar-refractivity contribution is 6.34. The third-order valence-corrected chi connectivity index (χ3v) is 4.05. The molecule has 0 aliphatic carbocycles. The molecule has 2 amide bonds. The molecule has 114 valence electrons. The second kappa shape index (κ2) is 5.81. The Bertz CT molecular complexity index is 750. The number of carboxylic acid groups (broad SMARTS) is 1. The molecule has 1 fully saturated rings. The molecule has 0 bridgehead atoms. The Morgan fingerprint density at radius 1 is 1.45 bits per heavy atom. The number of nitrogens with zero attached hydrogens (tertiary/aromatic N) is 2. The molecular weight excluding hydrogens is 306 g/mol. The zero-order chi connectivity index (χ0) is 15.7. The van der Waals surface area contributed by atoms with Gasteiger partial charge >= 0.3 is 6.09 Å². The van der Waals surface area contributed by atoms with Gasteiger partial charge in [0.25, 0.3) is 0 Å². The Labute approximate surface area is 131 Å². The van der Waals surface area contributed by atoms with Gasteiger partial charge in [0.2, 0.25) is 5.91 Å². The van der Waals surface area contributed by atoms with Crippen LogP contribution in [0.2, 0.25) is 5.15 Å². The zero-order valence-corrected chi connectivity index (χ0v) is 12.4. The molecule has 22 heavy (non-hydrogen) atoms. The Morgan fingerprint density at radius 3 is 3.05 bits per heavy atom. The number of benzene rings is 1. The fourth-order valence-electron chi connectivity index (χ4n) is 2.68. The Balaban J connectivity index is 1.78. The predicted molar refractivity (Wildman–Crippen MR) is 81.7 cm³/mol. The minimum absolute atomic E-state index is 0.195. The van der Waals surface area contributed by atoms with E-state index in [9.17, 15) is 9.59 Å². The van der Waals surface area contributed by atoms with Crippen molar-refractivity contribution in [2.45, 2.75) is 19.0 Å². The first-order valence-corrected chi connectivity index (χ1v) is 7.24. The van der Waals surface area contributed by atoms with Crippen LogP contribution < -0.4 is 5.32 Å². The van der Waals surface area contributed by atoms with Gasteiger partial charge < -0.3 is 15.3 Å². The number of halogens is 1. The van der Waals surface area contributed by atoms with Crippen LogP contribution in [0.3, 0.4) is 0 Å². The van der Waals surface area contributed by atoms with E-state index in [2.05, 4.69) is 10.3 Å². The third kappa shape index (κ3) is 2.82. The first kappa shape index (κ1) is 14.6. The lowest BCUT2D eigenvalue weighted by atomic mass is 10.1. The number of fused-ring (bicyclic) bond motifs is 1. The predicted octanol–water partition coefficient (Wildman–Crippen LogP) is 2.26. The van der Waals surface area contributed by atoms with Crippen molar-refractivity contribution in [3.63, 3.8) is 0 Å². The van der Waals surface area contributed by atoms with Gasteiger partial charge in [-0.05, 0) is 29.5 Å². The highest BCUT2D eigenvalue weighted by Gasteiger charge is 2.32. The molecule has 6 nitrogen and oxygen atoms in total. The fourth-order valence-corrected chi connectivity index (χ4v) is 2.90. The molecule has 7 heteroatoms. The number of pyridine rings is 1. The first-order chi connectivity index (χ1) is 10.5. The van der Waals surface area contributed by atoms with Crippen molar-refractivity contribution >= 4 is 34.4 Å². The summed E-state index contributed by atoms with van der Waals surface area (Å²) in [5.41, 5.74) is 0.937. The maximum absolute atomic E-state index is 12.1. The number of carbonyl (C=O) groups is 2. The Kier molecular flexibility index (Phi) is 3.85. The lowest BCUT2D eigenvalue weighted by Gasteiger charge is -2.17. The van der Waals surface area contributed by atoms with Crippen LogP contribution in [0.15, 0.2) is 30.5 Å². The van der Waals surface area contributed by atoms with Crippen LogP contribution in [0.5, 0.6) is 0 Å². The average Bonchev–Trinajstić information content (AvgIpc) is 2.81. The molecule has 2 aromatic rings. The van der Waals surface area contributed by atoms with Gasteiger partial charge in [-0.15, -0.1) is 0 Å². The number of likely N-dealkylation sites (tertiary alicyclic amines) is 1. The molecule has 0 radical (unpaired) electrons. The Hall–Kier alpha value is -2.34. The number of nitrogens with one attached hydrogen (secondary N) is 1. The van der Waals surface area contributed by atoms with Crippen LogP contribution in [0.4, 0.5) is 4.79 Å². The lowest BCUT2D eigenvalue weighted by Crippen LogP contribution is -2.40. The quantitative estimate of drug-likeness (QED) is 0.850. The van der Waals surface area contributed by atoms with Crippen LogP contribution in [0.1, 0.15) is 12.0 Å². The van der Waals surface area contributed by atoms with Gasteiger partial charge in [-0.1, -0.05) is 23.7 Å². The van der Waals surface area contributed by atoms with Gasteiger partial charge in [0.1, 0.15) is 11.2 Å². The number of amides is 2. The first-order valence-electron chi connectivity index (χ1n) is 6.86. The van der Waals surface area contributed by atoms with Crippen molar-refractivity contribution in [1.29, 1.82) is 0 Å². The maximum atomic E-state index is 12.1. The largest absolute Gasteiger partial charge is 0.465 e. The smallest absolute Gasteiger partial charge is 0.405 e. The van der Waals surface area contributed by atoms with Crippen LogP contribution in [-0.4, -0.2) is 39.6 Å². The van der Waals surface area contributed by atoms with E-state index in [0.29, 0.717) is 24.7 Å². The van der Waals surface area contributed by atoms with E-state index in [1.54, 1.807) is 11.1 Å². The van der Waals surface area contributed by atoms with Crippen molar-refractivity contribution in [3.05, 3.63) is 41.2 Å². The summed E-state index contributed by atoms with van der Waals surface area (Å²) in [6.07, 6.45) is 0.959. The monoisotopic (exact) mass is 319 g/mol. The molecule has 2 N–H and O–H groups in total. The summed E-state index contributed by atoms with van der Waals surface area (Å²) >= 11 is 6.09. The van der Waals surface area contributed by atoms with E-state index >= 15 is 0 Å². The summed E-state index contributed by atoms with van der Waals surface area (Å²) in [5.74, 6) is -0.195. The molecule has 1 saturated heterocycles. The summed E-state index contributed by atoms with van der Waals surface area (Å²) < 4.78 is 0. The van der Waals surface area contributed by atoms with Crippen LogP contribution in [0.25, 0.3) is 10.8 Å². The highest BCUT2D eigenvalue weighted by atomic mass is 35.5. The SMILES string of the molecule is O=C(O)N[C@H]1CCN(Cc2ccc3ccnc(Cl)c3c2)C1=O. The van der Waals surface area contributed by atoms with E-state index in [1.807, 2.05) is 24.3 Å². The van der Waals surface area contributed by atoms with E-state index < -0.39 is 12.1 Å². The minimum atomic E-state index is -1.18. The second-order valence-corrected chi connectivity index (χ2v) is 5.57. The number of hydrogen-bond acceptors (Lipinski definition) is 3. The van der Waals surface area contributed by atoms with Crippen molar-refractivity contribution in [1.82, 2.24) is 15.2 Å². The maximum Gasteiger partial charge on any atom is 0.405 e. The number of rotatable bonds is 3. The van der Waals surface area contributed by atoms with Gasteiger partial charge in [-0.25, -0.2) is 9.78 Å². The van der Waals surface area contributed by atoms with Crippen LogP contribution in [-0.2, 0) is 11.3 Å². The molecule has 0 spiro atoms. The van der Waals surface area contributed by atoms with Crippen LogP contribution in [0, 0.1) is 0 Å². The van der Waals surface area contributed by atoms with Crippen molar-refractivity contribution in [2.75, 3.05) is 6.54 Å². The molecule has 1 atom stereocenters. The normalized spacial score (nSPS) is 18.0. The van der Waals surface area contributed by atoms with E-state index in [-0.39, 0.29) is 5.91 Å². The molecule has 0 unspecified atom stereocenters. The summed E-state index contributed by atoms with van der Waals surface area (Å²) in [7, 11) is 0. The number of aromatic nitrogens is 1. The summed E-state index contributed by atoms with van der Waals surface area (Å²) in [4.78, 5) is 28.5. The average molecular weight is 320 g/mol. The summed E-state index contributed by atoms with van der Waals surface area (Å²) in [5, 5.41) is 13.2. The Morgan fingerprint density at radius 2 is 2.27 bits per heavy atom. The van der Waals surface area contributed by atoms with Gasteiger partial charge in [0.05, 0.1) is 0 Å². The standard InChI is InChI=1S/C15H14ClN3O3/c16-13-11-7-9(1-2-10(11)3-5-17-13)8-19-6-4-12(14(19)20)18-15(21)22/h1-3,5,7,12,18H,4,6,8H2,(H,21,22)/t12-/m0/s1. The van der Waals surface area contributed by atoms with Crippen molar-refractivity contribution in [2.24, 2.45) is 0 Å². The topological polar surface area (TPSA) is 82.5 Å². The summed E-state index contributed by atoms with van der Waals surface area (Å²) in [6, 6.07) is 7.01. The van der Waals surface area contributed by atoms with Crippen molar-refractivity contribution in [3.8, 4) is 0 Å². The van der Waals surface area contributed by atoms with Gasteiger partial charge in [-0.3, -0.25) is 4.79 Å². The molecule has 3 rings (SSSR count).